The Bertz CT molecular complexity index is 709. The summed E-state index contributed by atoms with van der Waals surface area (Å²) in [7, 11) is 0. The maximum absolute atomic E-state index is 11.1. The third-order valence-electron chi connectivity index (χ3n) is 4.70. The van der Waals surface area contributed by atoms with Crippen molar-refractivity contribution in [2.75, 3.05) is 26.2 Å². The molecular formula is C19H23N3O2. The van der Waals surface area contributed by atoms with Gasteiger partial charge in [-0.05, 0) is 18.1 Å². The van der Waals surface area contributed by atoms with Gasteiger partial charge in [0.1, 0.15) is 0 Å². The van der Waals surface area contributed by atoms with E-state index in [0.29, 0.717) is 6.54 Å². The van der Waals surface area contributed by atoms with Gasteiger partial charge in [0.15, 0.2) is 0 Å². The van der Waals surface area contributed by atoms with E-state index in [1.807, 2.05) is 12.1 Å². The molecule has 1 aliphatic rings. The fourth-order valence-electron chi connectivity index (χ4n) is 3.20. The minimum atomic E-state index is -0.288. The van der Waals surface area contributed by atoms with Crippen molar-refractivity contribution >= 4 is 5.69 Å². The van der Waals surface area contributed by atoms with E-state index in [1.54, 1.807) is 12.1 Å². The summed E-state index contributed by atoms with van der Waals surface area (Å²) in [5.41, 5.74) is 3.74. The van der Waals surface area contributed by atoms with Gasteiger partial charge in [-0.3, -0.25) is 19.9 Å². The SMILES string of the molecule is Cc1ccccc1CN1CCN(Cc2ccccc2[N+](=O)[O-])CC1. The molecular weight excluding hydrogens is 302 g/mol. The van der Waals surface area contributed by atoms with Crippen LogP contribution >= 0.6 is 0 Å². The zero-order chi connectivity index (χ0) is 16.9. The van der Waals surface area contributed by atoms with Crippen molar-refractivity contribution in [1.29, 1.82) is 0 Å². The Balaban J connectivity index is 1.56. The van der Waals surface area contributed by atoms with E-state index in [9.17, 15) is 10.1 Å². The summed E-state index contributed by atoms with van der Waals surface area (Å²) < 4.78 is 0. The van der Waals surface area contributed by atoms with E-state index in [2.05, 4.69) is 41.0 Å². The first-order valence-corrected chi connectivity index (χ1v) is 8.35. The lowest BCUT2D eigenvalue weighted by Gasteiger charge is -2.34. The van der Waals surface area contributed by atoms with Gasteiger partial charge in [-0.2, -0.15) is 0 Å². The molecule has 2 aromatic rings. The normalized spacial score (nSPS) is 16.2. The van der Waals surface area contributed by atoms with Gasteiger partial charge in [0.05, 0.1) is 4.92 Å². The predicted octanol–water partition coefficient (Wildman–Crippen LogP) is 3.22. The van der Waals surface area contributed by atoms with E-state index in [1.165, 1.54) is 11.1 Å². The number of nitrogens with zero attached hydrogens (tertiary/aromatic N) is 3. The Morgan fingerprint density at radius 2 is 1.38 bits per heavy atom. The van der Waals surface area contributed by atoms with Crippen molar-refractivity contribution in [1.82, 2.24) is 9.80 Å². The monoisotopic (exact) mass is 325 g/mol. The summed E-state index contributed by atoms with van der Waals surface area (Å²) in [5, 5.41) is 11.1. The third kappa shape index (κ3) is 3.99. The van der Waals surface area contributed by atoms with Crippen LogP contribution in [0.3, 0.4) is 0 Å². The van der Waals surface area contributed by atoms with Gasteiger partial charge in [-0.15, -0.1) is 0 Å². The first kappa shape index (κ1) is 16.6. The minimum Gasteiger partial charge on any atom is -0.297 e. The highest BCUT2D eigenvalue weighted by molar-refractivity contribution is 5.39. The lowest BCUT2D eigenvalue weighted by molar-refractivity contribution is -0.385. The van der Waals surface area contributed by atoms with Crippen LogP contribution in [0.4, 0.5) is 5.69 Å². The molecule has 0 spiro atoms. The first-order valence-electron chi connectivity index (χ1n) is 8.35. The van der Waals surface area contributed by atoms with Gasteiger partial charge in [-0.1, -0.05) is 42.5 Å². The number of nitro benzene ring substituents is 1. The number of hydrogen-bond acceptors (Lipinski definition) is 4. The largest absolute Gasteiger partial charge is 0.297 e. The van der Waals surface area contributed by atoms with Gasteiger partial charge in [0.2, 0.25) is 0 Å². The summed E-state index contributed by atoms with van der Waals surface area (Å²) >= 11 is 0. The molecule has 0 bridgehead atoms. The molecule has 1 heterocycles. The van der Waals surface area contributed by atoms with E-state index in [4.69, 9.17) is 0 Å². The molecule has 2 aromatic carbocycles. The maximum Gasteiger partial charge on any atom is 0.273 e. The van der Waals surface area contributed by atoms with Crippen molar-refractivity contribution in [3.05, 3.63) is 75.3 Å². The van der Waals surface area contributed by atoms with E-state index >= 15 is 0 Å². The number of piperazine rings is 1. The maximum atomic E-state index is 11.1. The number of rotatable bonds is 5. The van der Waals surface area contributed by atoms with Crippen LogP contribution in [-0.2, 0) is 13.1 Å². The second-order valence-electron chi connectivity index (χ2n) is 6.36. The van der Waals surface area contributed by atoms with Crippen LogP contribution in [-0.4, -0.2) is 40.9 Å². The molecule has 0 radical (unpaired) electrons. The number of para-hydroxylation sites is 1. The van der Waals surface area contributed by atoms with Crippen molar-refractivity contribution in [2.24, 2.45) is 0 Å². The van der Waals surface area contributed by atoms with Gasteiger partial charge in [0.25, 0.3) is 5.69 Å². The average molecular weight is 325 g/mol. The molecule has 126 valence electrons. The van der Waals surface area contributed by atoms with Crippen LogP contribution in [0.1, 0.15) is 16.7 Å². The van der Waals surface area contributed by atoms with Crippen LogP contribution in [0.15, 0.2) is 48.5 Å². The highest BCUT2D eigenvalue weighted by Gasteiger charge is 2.20. The molecule has 1 saturated heterocycles. The molecule has 5 nitrogen and oxygen atoms in total. The lowest BCUT2D eigenvalue weighted by Crippen LogP contribution is -2.45. The highest BCUT2D eigenvalue weighted by atomic mass is 16.6. The molecule has 0 aromatic heterocycles. The Kier molecular flexibility index (Phi) is 5.23. The second-order valence-corrected chi connectivity index (χ2v) is 6.36. The van der Waals surface area contributed by atoms with Gasteiger partial charge < -0.3 is 0 Å². The lowest BCUT2D eigenvalue weighted by atomic mass is 10.1. The van der Waals surface area contributed by atoms with E-state index in [0.717, 1.165) is 38.3 Å². The quantitative estimate of drug-likeness (QED) is 0.625. The fraction of sp³-hybridized carbons (Fsp3) is 0.368. The van der Waals surface area contributed by atoms with E-state index < -0.39 is 0 Å². The smallest absolute Gasteiger partial charge is 0.273 e. The van der Waals surface area contributed by atoms with Gasteiger partial charge in [0, 0.05) is 50.9 Å². The van der Waals surface area contributed by atoms with Crippen LogP contribution in [0.2, 0.25) is 0 Å². The molecule has 0 saturated carbocycles. The highest BCUT2D eigenvalue weighted by Crippen LogP contribution is 2.20. The zero-order valence-corrected chi connectivity index (χ0v) is 14.0. The molecule has 1 aliphatic heterocycles. The molecule has 0 unspecified atom stereocenters. The summed E-state index contributed by atoms with van der Waals surface area (Å²) in [6.07, 6.45) is 0. The molecule has 0 N–H and O–H groups in total. The summed E-state index contributed by atoms with van der Waals surface area (Å²) in [6.45, 7) is 7.65. The van der Waals surface area contributed by atoms with E-state index in [-0.39, 0.29) is 10.6 Å². The van der Waals surface area contributed by atoms with Crippen molar-refractivity contribution in [3.8, 4) is 0 Å². The number of nitro groups is 1. The van der Waals surface area contributed by atoms with Crippen molar-refractivity contribution < 1.29 is 4.92 Å². The molecule has 1 fully saturated rings. The van der Waals surface area contributed by atoms with Gasteiger partial charge in [-0.25, -0.2) is 0 Å². The van der Waals surface area contributed by atoms with Crippen molar-refractivity contribution in [3.63, 3.8) is 0 Å². The summed E-state index contributed by atoms with van der Waals surface area (Å²) in [6, 6.07) is 15.5. The summed E-state index contributed by atoms with van der Waals surface area (Å²) in [4.78, 5) is 15.6. The second kappa shape index (κ2) is 7.55. The standard InChI is InChI=1S/C19H23N3O2/c1-16-6-2-3-7-17(16)14-20-10-12-21(13-11-20)15-18-8-4-5-9-19(18)22(23)24/h2-9H,10-15H2,1H3. The zero-order valence-electron chi connectivity index (χ0n) is 14.0. The average Bonchev–Trinajstić information content (AvgIpc) is 2.59. The van der Waals surface area contributed by atoms with Gasteiger partial charge >= 0.3 is 0 Å². The van der Waals surface area contributed by atoms with Crippen LogP contribution in [0, 0.1) is 17.0 Å². The van der Waals surface area contributed by atoms with Crippen LogP contribution in [0.25, 0.3) is 0 Å². The molecule has 0 amide bonds. The Morgan fingerprint density at radius 3 is 1.96 bits per heavy atom. The topological polar surface area (TPSA) is 49.6 Å². The Morgan fingerprint density at radius 1 is 0.875 bits per heavy atom. The third-order valence-corrected chi connectivity index (χ3v) is 4.70. The molecule has 0 aliphatic carbocycles. The number of aryl methyl sites for hydroxylation is 1. The molecule has 0 atom stereocenters. The molecule has 3 rings (SSSR count). The Labute approximate surface area is 142 Å². The predicted molar refractivity (Wildman–Crippen MR) is 94.8 cm³/mol. The fourth-order valence-corrected chi connectivity index (χ4v) is 3.20. The van der Waals surface area contributed by atoms with Crippen molar-refractivity contribution in [2.45, 2.75) is 20.0 Å². The van der Waals surface area contributed by atoms with Crippen LogP contribution < -0.4 is 0 Å². The number of benzene rings is 2. The summed E-state index contributed by atoms with van der Waals surface area (Å²) in [5.74, 6) is 0. The molecule has 24 heavy (non-hydrogen) atoms. The minimum absolute atomic E-state index is 0.222. The van der Waals surface area contributed by atoms with Crippen LogP contribution in [0.5, 0.6) is 0 Å². The first-order chi connectivity index (χ1) is 11.6. The molecule has 5 heteroatoms. The number of hydrogen-bond donors (Lipinski definition) is 0. The Hall–Kier alpha value is -2.24.